The standard InChI is InChI=1S/C12H21N3O/c1-8(2)15-7-9(6-13-15)14-10-5-11(16)12(10,3)4/h6-8,10-11,14,16H,5H2,1-4H3. The molecule has 0 radical (unpaired) electrons. The van der Waals surface area contributed by atoms with Gasteiger partial charge in [0.15, 0.2) is 0 Å². The highest BCUT2D eigenvalue weighted by Gasteiger charge is 2.47. The van der Waals surface area contributed by atoms with Gasteiger partial charge in [0.2, 0.25) is 0 Å². The minimum absolute atomic E-state index is 0.0417. The summed E-state index contributed by atoms with van der Waals surface area (Å²) in [5, 5.41) is 17.4. The molecule has 0 amide bonds. The van der Waals surface area contributed by atoms with E-state index in [1.165, 1.54) is 0 Å². The molecule has 4 heteroatoms. The molecule has 0 spiro atoms. The molecule has 1 fully saturated rings. The Morgan fingerprint density at radius 2 is 2.25 bits per heavy atom. The van der Waals surface area contributed by atoms with Crippen molar-refractivity contribution in [1.29, 1.82) is 0 Å². The number of rotatable bonds is 3. The van der Waals surface area contributed by atoms with Crippen LogP contribution in [0.4, 0.5) is 5.69 Å². The fourth-order valence-corrected chi connectivity index (χ4v) is 2.04. The summed E-state index contributed by atoms with van der Waals surface area (Å²) in [7, 11) is 0. The van der Waals surface area contributed by atoms with Crippen molar-refractivity contribution < 1.29 is 5.11 Å². The third-order valence-electron chi connectivity index (χ3n) is 3.69. The van der Waals surface area contributed by atoms with Crippen molar-refractivity contribution in [3.05, 3.63) is 12.4 Å². The Morgan fingerprint density at radius 3 is 2.69 bits per heavy atom. The third kappa shape index (κ3) is 1.82. The maximum Gasteiger partial charge on any atom is 0.0728 e. The maximum atomic E-state index is 9.66. The summed E-state index contributed by atoms with van der Waals surface area (Å²) in [5.74, 6) is 0. The lowest BCUT2D eigenvalue weighted by Crippen LogP contribution is -2.56. The Morgan fingerprint density at radius 1 is 1.56 bits per heavy atom. The molecule has 1 aliphatic rings. The van der Waals surface area contributed by atoms with Crippen LogP contribution in [0.2, 0.25) is 0 Å². The first-order valence-electron chi connectivity index (χ1n) is 5.90. The Labute approximate surface area is 96.7 Å². The number of hydrogen-bond acceptors (Lipinski definition) is 3. The molecular weight excluding hydrogens is 202 g/mol. The predicted molar refractivity (Wildman–Crippen MR) is 64.4 cm³/mol. The quantitative estimate of drug-likeness (QED) is 0.824. The first kappa shape index (κ1) is 11.5. The number of nitrogens with one attached hydrogen (secondary N) is 1. The summed E-state index contributed by atoms with van der Waals surface area (Å²) in [5.41, 5.74) is 0.999. The van der Waals surface area contributed by atoms with Gasteiger partial charge in [-0.1, -0.05) is 13.8 Å². The second-order valence-corrected chi connectivity index (χ2v) is 5.57. The molecule has 90 valence electrons. The summed E-state index contributed by atoms with van der Waals surface area (Å²) in [6.07, 6.45) is 4.50. The molecule has 2 atom stereocenters. The number of anilines is 1. The maximum absolute atomic E-state index is 9.66. The Hall–Kier alpha value is -1.03. The summed E-state index contributed by atoms with van der Waals surface area (Å²) >= 11 is 0. The van der Waals surface area contributed by atoms with Gasteiger partial charge in [0.1, 0.15) is 0 Å². The van der Waals surface area contributed by atoms with Crippen LogP contribution in [-0.2, 0) is 0 Å². The molecule has 0 saturated heterocycles. The number of nitrogens with zero attached hydrogens (tertiary/aromatic N) is 2. The Bertz CT molecular complexity index is 370. The third-order valence-corrected chi connectivity index (χ3v) is 3.69. The average molecular weight is 223 g/mol. The van der Waals surface area contributed by atoms with Crippen molar-refractivity contribution in [1.82, 2.24) is 9.78 Å². The van der Waals surface area contributed by atoms with Crippen LogP contribution < -0.4 is 5.32 Å². The lowest BCUT2D eigenvalue weighted by atomic mass is 9.64. The second-order valence-electron chi connectivity index (χ2n) is 5.57. The van der Waals surface area contributed by atoms with Gasteiger partial charge < -0.3 is 10.4 Å². The SMILES string of the molecule is CC(C)n1cc(NC2CC(O)C2(C)C)cn1. The highest BCUT2D eigenvalue weighted by Crippen LogP contribution is 2.42. The normalized spacial score (nSPS) is 27.9. The largest absolute Gasteiger partial charge is 0.392 e. The van der Waals surface area contributed by atoms with Gasteiger partial charge in [0, 0.05) is 23.7 Å². The fourth-order valence-electron chi connectivity index (χ4n) is 2.04. The van der Waals surface area contributed by atoms with Crippen molar-refractivity contribution in [2.75, 3.05) is 5.32 Å². The molecule has 0 bridgehead atoms. The molecule has 1 heterocycles. The van der Waals surface area contributed by atoms with E-state index in [0.29, 0.717) is 12.1 Å². The van der Waals surface area contributed by atoms with E-state index in [-0.39, 0.29) is 11.5 Å². The highest BCUT2D eigenvalue weighted by molar-refractivity contribution is 5.41. The summed E-state index contributed by atoms with van der Waals surface area (Å²) in [6.45, 7) is 8.39. The minimum atomic E-state index is -0.190. The molecule has 0 aromatic carbocycles. The van der Waals surface area contributed by atoms with Gasteiger partial charge >= 0.3 is 0 Å². The number of aliphatic hydroxyl groups is 1. The van der Waals surface area contributed by atoms with Crippen LogP contribution in [0.15, 0.2) is 12.4 Å². The summed E-state index contributed by atoms with van der Waals surface area (Å²) in [4.78, 5) is 0. The van der Waals surface area contributed by atoms with E-state index in [4.69, 9.17) is 0 Å². The van der Waals surface area contributed by atoms with Gasteiger partial charge in [-0.15, -0.1) is 0 Å². The molecule has 1 aromatic heterocycles. The van der Waals surface area contributed by atoms with Gasteiger partial charge in [-0.2, -0.15) is 5.10 Å². The molecule has 2 rings (SSSR count). The van der Waals surface area contributed by atoms with E-state index in [1.807, 2.05) is 17.1 Å². The lowest BCUT2D eigenvalue weighted by molar-refractivity contribution is -0.0510. The molecule has 1 aliphatic carbocycles. The van der Waals surface area contributed by atoms with Crippen LogP contribution in [-0.4, -0.2) is 27.0 Å². The first-order chi connectivity index (χ1) is 7.41. The fraction of sp³-hybridized carbons (Fsp3) is 0.750. The smallest absolute Gasteiger partial charge is 0.0728 e. The molecule has 4 nitrogen and oxygen atoms in total. The van der Waals surface area contributed by atoms with Crippen LogP contribution in [0, 0.1) is 5.41 Å². The van der Waals surface area contributed by atoms with Crippen LogP contribution in [0.1, 0.15) is 40.2 Å². The number of aromatic nitrogens is 2. The zero-order chi connectivity index (χ0) is 11.9. The van der Waals surface area contributed by atoms with E-state index < -0.39 is 0 Å². The molecular formula is C12H21N3O. The average Bonchev–Trinajstić information content (AvgIpc) is 2.66. The zero-order valence-electron chi connectivity index (χ0n) is 10.4. The van der Waals surface area contributed by atoms with E-state index in [9.17, 15) is 5.11 Å². The van der Waals surface area contributed by atoms with E-state index >= 15 is 0 Å². The van der Waals surface area contributed by atoms with Crippen LogP contribution in [0.3, 0.4) is 0 Å². The monoisotopic (exact) mass is 223 g/mol. The van der Waals surface area contributed by atoms with E-state index in [0.717, 1.165) is 12.1 Å². The van der Waals surface area contributed by atoms with Crippen molar-refractivity contribution in [3.8, 4) is 0 Å². The zero-order valence-corrected chi connectivity index (χ0v) is 10.4. The predicted octanol–water partition coefficient (Wildman–Crippen LogP) is 2.04. The van der Waals surface area contributed by atoms with Gasteiger partial charge in [-0.05, 0) is 20.3 Å². The van der Waals surface area contributed by atoms with Gasteiger partial charge in [-0.25, -0.2) is 0 Å². The summed E-state index contributed by atoms with van der Waals surface area (Å²) in [6, 6.07) is 0.725. The number of aliphatic hydroxyl groups excluding tert-OH is 1. The van der Waals surface area contributed by atoms with Crippen molar-refractivity contribution >= 4 is 5.69 Å². The summed E-state index contributed by atoms with van der Waals surface area (Å²) < 4.78 is 1.93. The van der Waals surface area contributed by atoms with E-state index in [2.05, 4.69) is 38.1 Å². The first-order valence-corrected chi connectivity index (χ1v) is 5.90. The number of hydrogen-bond donors (Lipinski definition) is 2. The Kier molecular flexibility index (Phi) is 2.70. The van der Waals surface area contributed by atoms with Crippen molar-refractivity contribution in [2.24, 2.45) is 5.41 Å². The van der Waals surface area contributed by atoms with Gasteiger partial charge in [0.25, 0.3) is 0 Å². The molecule has 2 N–H and O–H groups in total. The van der Waals surface area contributed by atoms with Crippen LogP contribution in [0.25, 0.3) is 0 Å². The van der Waals surface area contributed by atoms with Crippen LogP contribution in [0.5, 0.6) is 0 Å². The lowest BCUT2D eigenvalue weighted by Gasteiger charge is -2.49. The highest BCUT2D eigenvalue weighted by atomic mass is 16.3. The van der Waals surface area contributed by atoms with E-state index in [1.54, 1.807) is 0 Å². The van der Waals surface area contributed by atoms with Gasteiger partial charge in [0.05, 0.1) is 18.0 Å². The molecule has 1 saturated carbocycles. The topological polar surface area (TPSA) is 50.1 Å². The molecule has 1 aromatic rings. The van der Waals surface area contributed by atoms with Crippen molar-refractivity contribution in [3.63, 3.8) is 0 Å². The van der Waals surface area contributed by atoms with Gasteiger partial charge in [-0.3, -0.25) is 4.68 Å². The molecule has 0 aliphatic heterocycles. The second kappa shape index (κ2) is 3.77. The van der Waals surface area contributed by atoms with Crippen molar-refractivity contribution in [2.45, 2.75) is 52.3 Å². The van der Waals surface area contributed by atoms with Crippen LogP contribution >= 0.6 is 0 Å². The molecule has 16 heavy (non-hydrogen) atoms. The molecule has 2 unspecified atom stereocenters. The Balaban J connectivity index is 2.00. The minimum Gasteiger partial charge on any atom is -0.392 e.